The summed E-state index contributed by atoms with van der Waals surface area (Å²) in [6.07, 6.45) is 2.51. The maximum atomic E-state index is 12.9. The molecule has 0 aliphatic rings. The van der Waals surface area contributed by atoms with Gasteiger partial charge in [0.25, 0.3) is 0 Å². The first kappa shape index (κ1) is 10.7. The van der Waals surface area contributed by atoms with Gasteiger partial charge < -0.3 is 4.98 Å². The highest BCUT2D eigenvalue weighted by Gasteiger charge is 2.09. The van der Waals surface area contributed by atoms with Crippen molar-refractivity contribution in [2.75, 3.05) is 0 Å². The Morgan fingerprint density at radius 1 is 1.06 bits per heavy atom. The predicted octanol–water partition coefficient (Wildman–Crippen LogP) is 3.79. The molecule has 0 bridgehead atoms. The van der Waals surface area contributed by atoms with Crippen molar-refractivity contribution in [3.05, 3.63) is 60.0 Å². The van der Waals surface area contributed by atoms with Crippen molar-refractivity contribution >= 4 is 17.2 Å². The second kappa shape index (κ2) is 4.11. The SMILES string of the molecule is O=Cc1c[nH]c2cccc(-c3ccc(F)cc3)c12. The second-order valence-corrected chi connectivity index (χ2v) is 4.10. The molecule has 0 atom stereocenters. The highest BCUT2D eigenvalue weighted by atomic mass is 19.1. The molecule has 0 spiro atoms. The molecular formula is C15H10FNO. The Morgan fingerprint density at radius 2 is 1.83 bits per heavy atom. The summed E-state index contributed by atoms with van der Waals surface area (Å²) in [4.78, 5) is 14.1. The van der Waals surface area contributed by atoms with Gasteiger partial charge in [-0.05, 0) is 29.3 Å². The minimum absolute atomic E-state index is 0.268. The van der Waals surface area contributed by atoms with Crippen LogP contribution in [0, 0.1) is 5.82 Å². The van der Waals surface area contributed by atoms with Crippen molar-refractivity contribution in [1.29, 1.82) is 0 Å². The van der Waals surface area contributed by atoms with Crippen molar-refractivity contribution in [2.45, 2.75) is 0 Å². The number of fused-ring (bicyclic) bond motifs is 1. The average molecular weight is 239 g/mol. The van der Waals surface area contributed by atoms with Crippen LogP contribution in [0.3, 0.4) is 0 Å². The standard InChI is InChI=1S/C15H10FNO/c16-12-6-4-10(5-7-12)13-2-1-3-14-15(13)11(9-18)8-17-14/h1-9,17H. The Balaban J connectivity index is 2.31. The number of carbonyl (C=O) groups is 1. The molecule has 0 saturated carbocycles. The summed E-state index contributed by atoms with van der Waals surface area (Å²) in [6.45, 7) is 0. The summed E-state index contributed by atoms with van der Waals surface area (Å²) in [5.41, 5.74) is 3.34. The Bertz CT molecular complexity index is 713. The smallest absolute Gasteiger partial charge is 0.152 e. The molecule has 0 amide bonds. The van der Waals surface area contributed by atoms with Gasteiger partial charge in [-0.25, -0.2) is 4.39 Å². The van der Waals surface area contributed by atoms with E-state index in [9.17, 15) is 9.18 Å². The van der Waals surface area contributed by atoms with E-state index in [1.165, 1.54) is 12.1 Å². The third kappa shape index (κ3) is 1.61. The summed E-state index contributed by atoms with van der Waals surface area (Å²) < 4.78 is 12.9. The molecule has 0 radical (unpaired) electrons. The number of halogens is 1. The number of aromatic nitrogens is 1. The lowest BCUT2D eigenvalue weighted by atomic mass is 9.99. The number of nitrogens with one attached hydrogen (secondary N) is 1. The molecule has 2 aromatic carbocycles. The van der Waals surface area contributed by atoms with Crippen molar-refractivity contribution < 1.29 is 9.18 Å². The predicted molar refractivity (Wildman–Crippen MR) is 69.1 cm³/mol. The first-order valence-corrected chi connectivity index (χ1v) is 5.61. The van der Waals surface area contributed by atoms with Crippen molar-refractivity contribution in [3.63, 3.8) is 0 Å². The number of carbonyl (C=O) groups excluding carboxylic acids is 1. The van der Waals surface area contributed by atoms with Crippen molar-refractivity contribution in [1.82, 2.24) is 4.98 Å². The summed E-state index contributed by atoms with van der Waals surface area (Å²) >= 11 is 0. The van der Waals surface area contributed by atoms with Crippen LogP contribution in [0.25, 0.3) is 22.0 Å². The van der Waals surface area contributed by atoms with Crippen LogP contribution in [0.1, 0.15) is 10.4 Å². The zero-order valence-electron chi connectivity index (χ0n) is 9.48. The minimum atomic E-state index is -0.268. The molecule has 0 aliphatic heterocycles. The number of rotatable bonds is 2. The molecule has 0 unspecified atom stereocenters. The lowest BCUT2D eigenvalue weighted by Crippen LogP contribution is -1.83. The number of H-pyrrole nitrogens is 1. The molecule has 3 aromatic rings. The van der Waals surface area contributed by atoms with E-state index in [-0.39, 0.29) is 5.82 Å². The van der Waals surface area contributed by atoms with Crippen molar-refractivity contribution in [2.24, 2.45) is 0 Å². The summed E-state index contributed by atoms with van der Waals surface area (Å²) in [7, 11) is 0. The number of hydrogen-bond donors (Lipinski definition) is 1. The van der Waals surface area contributed by atoms with E-state index >= 15 is 0 Å². The molecule has 0 aliphatic carbocycles. The molecule has 3 rings (SSSR count). The lowest BCUT2D eigenvalue weighted by molar-refractivity contribution is 0.112. The maximum absolute atomic E-state index is 12.9. The Kier molecular flexibility index (Phi) is 2.45. The number of benzene rings is 2. The van der Waals surface area contributed by atoms with Crippen LogP contribution in [0.2, 0.25) is 0 Å². The molecular weight excluding hydrogens is 229 g/mol. The van der Waals surface area contributed by atoms with Gasteiger partial charge in [0, 0.05) is 22.7 Å². The lowest BCUT2D eigenvalue weighted by Gasteiger charge is -2.04. The Hall–Kier alpha value is -2.42. The normalized spacial score (nSPS) is 10.7. The van der Waals surface area contributed by atoms with Gasteiger partial charge in [-0.3, -0.25) is 4.79 Å². The van der Waals surface area contributed by atoms with E-state index in [1.807, 2.05) is 18.2 Å². The first-order valence-electron chi connectivity index (χ1n) is 5.61. The number of hydrogen-bond acceptors (Lipinski definition) is 1. The third-order valence-corrected chi connectivity index (χ3v) is 3.02. The highest BCUT2D eigenvalue weighted by molar-refractivity contribution is 6.05. The van der Waals surface area contributed by atoms with E-state index in [0.717, 1.165) is 28.3 Å². The number of aldehydes is 1. The van der Waals surface area contributed by atoms with E-state index in [4.69, 9.17) is 0 Å². The Labute approximate surface area is 103 Å². The molecule has 18 heavy (non-hydrogen) atoms. The van der Waals surface area contributed by atoms with Gasteiger partial charge >= 0.3 is 0 Å². The minimum Gasteiger partial charge on any atom is -0.360 e. The molecule has 1 aromatic heterocycles. The third-order valence-electron chi connectivity index (χ3n) is 3.02. The van der Waals surface area contributed by atoms with Gasteiger partial charge in [0.15, 0.2) is 6.29 Å². The zero-order valence-corrected chi connectivity index (χ0v) is 9.48. The Morgan fingerprint density at radius 3 is 2.56 bits per heavy atom. The van der Waals surface area contributed by atoms with Crippen molar-refractivity contribution in [3.8, 4) is 11.1 Å². The summed E-state index contributed by atoms with van der Waals surface area (Å²) in [5, 5.41) is 0.874. The highest BCUT2D eigenvalue weighted by Crippen LogP contribution is 2.30. The van der Waals surface area contributed by atoms with Crippen LogP contribution < -0.4 is 0 Å². The van der Waals surface area contributed by atoms with E-state index in [0.29, 0.717) is 5.56 Å². The van der Waals surface area contributed by atoms with Gasteiger partial charge in [0.1, 0.15) is 5.82 Å². The van der Waals surface area contributed by atoms with E-state index < -0.39 is 0 Å². The fourth-order valence-corrected chi connectivity index (χ4v) is 2.17. The average Bonchev–Trinajstić information content (AvgIpc) is 2.82. The van der Waals surface area contributed by atoms with Gasteiger partial charge in [0.05, 0.1) is 0 Å². The number of aromatic amines is 1. The van der Waals surface area contributed by atoms with E-state index in [2.05, 4.69) is 4.98 Å². The van der Waals surface area contributed by atoms with Crippen LogP contribution in [0.15, 0.2) is 48.7 Å². The molecule has 2 nitrogen and oxygen atoms in total. The van der Waals surface area contributed by atoms with Crippen LogP contribution in [-0.4, -0.2) is 11.3 Å². The van der Waals surface area contributed by atoms with E-state index in [1.54, 1.807) is 18.3 Å². The summed E-state index contributed by atoms with van der Waals surface area (Å²) in [5.74, 6) is -0.268. The fourth-order valence-electron chi connectivity index (χ4n) is 2.17. The topological polar surface area (TPSA) is 32.9 Å². The fraction of sp³-hybridized carbons (Fsp3) is 0. The van der Waals surface area contributed by atoms with Gasteiger partial charge in [-0.2, -0.15) is 0 Å². The van der Waals surface area contributed by atoms with Crippen LogP contribution >= 0.6 is 0 Å². The molecule has 0 fully saturated rings. The van der Waals surface area contributed by atoms with Gasteiger partial charge in [-0.1, -0.05) is 24.3 Å². The molecule has 3 heteroatoms. The molecule has 1 N–H and O–H groups in total. The van der Waals surface area contributed by atoms with Gasteiger partial charge in [-0.15, -0.1) is 0 Å². The largest absolute Gasteiger partial charge is 0.360 e. The van der Waals surface area contributed by atoms with Crippen LogP contribution in [-0.2, 0) is 0 Å². The maximum Gasteiger partial charge on any atom is 0.152 e. The molecule has 1 heterocycles. The second-order valence-electron chi connectivity index (χ2n) is 4.10. The molecule has 88 valence electrons. The quantitative estimate of drug-likeness (QED) is 0.678. The monoisotopic (exact) mass is 239 g/mol. The first-order chi connectivity index (χ1) is 8.79. The van der Waals surface area contributed by atoms with Gasteiger partial charge in [0.2, 0.25) is 0 Å². The summed E-state index contributed by atoms with van der Waals surface area (Å²) in [6, 6.07) is 12.0. The van der Waals surface area contributed by atoms with Crippen LogP contribution in [0.5, 0.6) is 0 Å². The molecule has 0 saturated heterocycles. The zero-order chi connectivity index (χ0) is 12.5. The van der Waals surface area contributed by atoms with Crippen LogP contribution in [0.4, 0.5) is 4.39 Å².